The molecule has 0 saturated carbocycles. The van der Waals surface area contributed by atoms with Gasteiger partial charge in [-0.15, -0.1) is 11.3 Å². The van der Waals surface area contributed by atoms with E-state index in [9.17, 15) is 9.90 Å². The van der Waals surface area contributed by atoms with Crippen LogP contribution in [0.2, 0.25) is 0 Å². The number of hydrogen-bond donors (Lipinski definition) is 2. The Morgan fingerprint density at radius 2 is 2.23 bits per heavy atom. The number of nitrogens with zero attached hydrogens (tertiary/aromatic N) is 3. The van der Waals surface area contributed by atoms with Gasteiger partial charge in [0, 0.05) is 30.4 Å². The number of thiophene rings is 1. The Bertz CT molecular complexity index is 605. The summed E-state index contributed by atoms with van der Waals surface area (Å²) in [5.74, 6) is 0.570. The number of nitrogens with one attached hydrogen (secondary N) is 1. The zero-order chi connectivity index (χ0) is 15.4. The Hall–Kier alpha value is -1.99. The fourth-order valence-electron chi connectivity index (χ4n) is 2.54. The summed E-state index contributed by atoms with van der Waals surface area (Å²) in [6.07, 6.45) is 3.77. The number of anilines is 1. The highest BCUT2D eigenvalue weighted by Crippen LogP contribution is 2.17. The van der Waals surface area contributed by atoms with Crippen LogP contribution in [0.25, 0.3) is 0 Å². The summed E-state index contributed by atoms with van der Waals surface area (Å²) in [6.45, 7) is 0.973. The van der Waals surface area contributed by atoms with Crippen LogP contribution in [-0.2, 0) is 11.2 Å². The monoisotopic (exact) mass is 318 g/mol. The lowest BCUT2D eigenvalue weighted by atomic mass is 10.0. The van der Waals surface area contributed by atoms with Gasteiger partial charge in [-0.2, -0.15) is 0 Å². The molecule has 2 atom stereocenters. The van der Waals surface area contributed by atoms with Crippen LogP contribution in [0.1, 0.15) is 11.3 Å². The van der Waals surface area contributed by atoms with Crippen molar-refractivity contribution in [2.45, 2.75) is 25.0 Å². The Morgan fingerprint density at radius 3 is 2.91 bits per heavy atom. The van der Waals surface area contributed by atoms with Gasteiger partial charge in [-0.3, -0.25) is 4.79 Å². The zero-order valence-electron chi connectivity index (χ0n) is 12.1. The predicted molar refractivity (Wildman–Crippen MR) is 84.7 cm³/mol. The molecule has 0 spiro atoms. The number of aromatic nitrogens is 2. The molecule has 1 amide bonds. The zero-order valence-corrected chi connectivity index (χ0v) is 12.9. The van der Waals surface area contributed by atoms with E-state index < -0.39 is 6.10 Å². The average Bonchev–Trinajstić information content (AvgIpc) is 3.03. The van der Waals surface area contributed by atoms with Gasteiger partial charge in [-0.1, -0.05) is 6.07 Å². The molecule has 0 radical (unpaired) electrons. The normalized spacial score (nSPS) is 21.6. The Kier molecular flexibility index (Phi) is 4.65. The topological polar surface area (TPSA) is 78.4 Å². The molecule has 0 unspecified atom stereocenters. The molecule has 0 bridgehead atoms. The first-order chi connectivity index (χ1) is 10.7. The molecular formula is C15H18N4O2S. The van der Waals surface area contributed by atoms with Crippen molar-refractivity contribution in [1.82, 2.24) is 14.9 Å². The number of rotatable bonds is 4. The quantitative estimate of drug-likeness (QED) is 0.884. The van der Waals surface area contributed by atoms with Crippen LogP contribution in [0.5, 0.6) is 0 Å². The highest BCUT2D eigenvalue weighted by molar-refractivity contribution is 7.10. The third kappa shape index (κ3) is 3.61. The standard InChI is InChI=1S/C15H18N4O2S/c20-13-10-19(14(21)9-11-3-1-8-22-11)7-4-12(13)18-15-16-5-2-6-17-15/h1-3,5-6,8,12-13,20H,4,7,9-10H2,(H,16,17,18)/t12-,13-/m1/s1. The molecule has 1 saturated heterocycles. The molecule has 2 aromatic heterocycles. The molecule has 6 nitrogen and oxygen atoms in total. The lowest BCUT2D eigenvalue weighted by molar-refractivity contribution is -0.133. The smallest absolute Gasteiger partial charge is 0.227 e. The van der Waals surface area contributed by atoms with Gasteiger partial charge in [-0.25, -0.2) is 9.97 Å². The molecular weight excluding hydrogens is 300 g/mol. The lowest BCUT2D eigenvalue weighted by Crippen LogP contribution is -2.52. The minimum atomic E-state index is -0.621. The van der Waals surface area contributed by atoms with Gasteiger partial charge in [0.25, 0.3) is 0 Å². The molecule has 0 aliphatic carbocycles. The number of aliphatic hydroxyl groups excluding tert-OH is 1. The Morgan fingerprint density at radius 1 is 1.41 bits per heavy atom. The molecule has 2 N–H and O–H groups in total. The van der Waals surface area contributed by atoms with Crippen LogP contribution in [0.3, 0.4) is 0 Å². The number of amides is 1. The average molecular weight is 318 g/mol. The van der Waals surface area contributed by atoms with E-state index in [1.54, 1.807) is 34.7 Å². The number of piperidine rings is 1. The number of likely N-dealkylation sites (tertiary alicyclic amines) is 1. The molecule has 2 aromatic rings. The minimum Gasteiger partial charge on any atom is -0.389 e. The maximum atomic E-state index is 12.3. The second-order valence-electron chi connectivity index (χ2n) is 5.28. The first-order valence-corrected chi connectivity index (χ1v) is 8.12. The molecule has 3 heterocycles. The lowest BCUT2D eigenvalue weighted by Gasteiger charge is -2.36. The fourth-order valence-corrected chi connectivity index (χ4v) is 3.24. The van der Waals surface area contributed by atoms with Gasteiger partial charge in [-0.05, 0) is 23.9 Å². The van der Waals surface area contributed by atoms with Gasteiger partial charge in [0.05, 0.1) is 18.6 Å². The molecule has 1 aliphatic rings. The molecule has 22 heavy (non-hydrogen) atoms. The summed E-state index contributed by atoms with van der Waals surface area (Å²) in [5, 5.41) is 15.4. The van der Waals surface area contributed by atoms with Crippen LogP contribution >= 0.6 is 11.3 Å². The maximum Gasteiger partial charge on any atom is 0.227 e. The van der Waals surface area contributed by atoms with Gasteiger partial charge in [0.2, 0.25) is 11.9 Å². The third-order valence-corrected chi connectivity index (χ3v) is 4.60. The highest BCUT2D eigenvalue weighted by atomic mass is 32.1. The minimum absolute atomic E-state index is 0.0657. The van der Waals surface area contributed by atoms with Crippen molar-refractivity contribution >= 4 is 23.2 Å². The van der Waals surface area contributed by atoms with E-state index in [4.69, 9.17) is 0 Å². The number of carbonyl (C=O) groups is 1. The molecule has 1 fully saturated rings. The van der Waals surface area contributed by atoms with Gasteiger partial charge in [0.15, 0.2) is 0 Å². The summed E-state index contributed by atoms with van der Waals surface area (Å²) in [5.41, 5.74) is 0. The van der Waals surface area contributed by atoms with E-state index in [1.807, 2.05) is 17.5 Å². The highest BCUT2D eigenvalue weighted by Gasteiger charge is 2.30. The van der Waals surface area contributed by atoms with Gasteiger partial charge in [0.1, 0.15) is 0 Å². The van der Waals surface area contributed by atoms with E-state index in [0.29, 0.717) is 31.9 Å². The van der Waals surface area contributed by atoms with Gasteiger partial charge >= 0.3 is 0 Å². The number of hydrogen-bond acceptors (Lipinski definition) is 6. The van der Waals surface area contributed by atoms with E-state index >= 15 is 0 Å². The molecule has 3 rings (SSSR count). The maximum absolute atomic E-state index is 12.3. The SMILES string of the molecule is O=C(Cc1cccs1)N1CC[C@@H](Nc2ncccn2)[C@H](O)C1. The van der Waals surface area contributed by atoms with Crippen LogP contribution < -0.4 is 5.32 Å². The third-order valence-electron chi connectivity index (χ3n) is 3.72. The first kappa shape index (κ1) is 14.9. The predicted octanol–water partition coefficient (Wildman–Crippen LogP) is 1.15. The van der Waals surface area contributed by atoms with Crippen molar-refractivity contribution in [1.29, 1.82) is 0 Å². The summed E-state index contributed by atoms with van der Waals surface area (Å²) >= 11 is 1.58. The van der Waals surface area contributed by atoms with E-state index in [2.05, 4.69) is 15.3 Å². The molecule has 116 valence electrons. The molecule has 0 aromatic carbocycles. The van der Waals surface area contributed by atoms with Crippen molar-refractivity contribution in [3.8, 4) is 0 Å². The largest absolute Gasteiger partial charge is 0.389 e. The van der Waals surface area contributed by atoms with E-state index in [-0.39, 0.29) is 11.9 Å². The number of aliphatic hydroxyl groups is 1. The number of carbonyl (C=O) groups excluding carboxylic acids is 1. The fraction of sp³-hybridized carbons (Fsp3) is 0.400. The summed E-state index contributed by atoms with van der Waals surface area (Å²) in [6, 6.07) is 5.51. The summed E-state index contributed by atoms with van der Waals surface area (Å²) in [4.78, 5) is 23.2. The van der Waals surface area contributed by atoms with Crippen LogP contribution in [0.4, 0.5) is 5.95 Å². The van der Waals surface area contributed by atoms with Crippen molar-refractivity contribution in [2.75, 3.05) is 18.4 Å². The Labute approximate surface area is 132 Å². The van der Waals surface area contributed by atoms with Gasteiger partial charge < -0.3 is 15.3 Å². The number of β-amino-alcohol motifs (C(OH)–C–C–N with tert-alkyl or cyclic N) is 1. The van der Waals surface area contributed by atoms with Crippen molar-refractivity contribution in [3.63, 3.8) is 0 Å². The molecule has 7 heteroatoms. The van der Waals surface area contributed by atoms with Crippen molar-refractivity contribution in [3.05, 3.63) is 40.8 Å². The summed E-state index contributed by atoms with van der Waals surface area (Å²) < 4.78 is 0. The van der Waals surface area contributed by atoms with Crippen molar-refractivity contribution in [2.24, 2.45) is 0 Å². The molecule has 1 aliphatic heterocycles. The van der Waals surface area contributed by atoms with Crippen LogP contribution in [-0.4, -0.2) is 51.1 Å². The van der Waals surface area contributed by atoms with Crippen LogP contribution in [0, 0.1) is 0 Å². The summed E-state index contributed by atoms with van der Waals surface area (Å²) in [7, 11) is 0. The Balaban J connectivity index is 1.54. The van der Waals surface area contributed by atoms with E-state index in [1.165, 1.54) is 0 Å². The second-order valence-corrected chi connectivity index (χ2v) is 6.31. The first-order valence-electron chi connectivity index (χ1n) is 7.24. The second kappa shape index (κ2) is 6.85. The van der Waals surface area contributed by atoms with Crippen LogP contribution in [0.15, 0.2) is 36.0 Å². The van der Waals surface area contributed by atoms with Crippen molar-refractivity contribution < 1.29 is 9.90 Å². The van der Waals surface area contributed by atoms with E-state index in [0.717, 1.165) is 4.88 Å².